The molecular weight excluding hydrogens is 519 g/mol. The number of carbonyl (C=O) groups is 1. The SMILES string of the molecule is CO[n+]1cc(-c2c(F)ccc(Cl)c2F)ccc1[C@H](Cc1ccc(F)cc1)c1nc2cc(C(=O)O)ccc2[nH]1. The minimum atomic E-state index is -1.08. The van der Waals surface area contributed by atoms with Gasteiger partial charge in [-0.25, -0.2) is 22.9 Å². The summed E-state index contributed by atoms with van der Waals surface area (Å²) in [5.41, 5.74) is 2.43. The van der Waals surface area contributed by atoms with Gasteiger partial charge in [0, 0.05) is 10.8 Å². The minimum absolute atomic E-state index is 0.0903. The maximum Gasteiger partial charge on any atom is 0.335 e. The smallest absolute Gasteiger partial charge is 0.335 e. The number of hydrogen-bond acceptors (Lipinski definition) is 3. The number of carboxylic acid groups (broad SMARTS) is 1. The first-order valence-electron chi connectivity index (χ1n) is 11.5. The summed E-state index contributed by atoms with van der Waals surface area (Å²) in [5.74, 6) is -3.13. The largest absolute Gasteiger partial charge is 0.478 e. The molecule has 5 aromatic rings. The van der Waals surface area contributed by atoms with Crippen LogP contribution in [0.15, 0.2) is 72.9 Å². The number of halogens is 4. The zero-order chi connectivity index (χ0) is 27.0. The predicted octanol–water partition coefficient (Wildman–Crippen LogP) is 5.72. The molecule has 0 saturated carbocycles. The van der Waals surface area contributed by atoms with E-state index >= 15 is 0 Å². The van der Waals surface area contributed by atoms with Crippen molar-refractivity contribution in [3.05, 3.63) is 118 Å². The second-order valence-corrected chi connectivity index (χ2v) is 9.02. The third kappa shape index (κ3) is 4.80. The van der Waals surface area contributed by atoms with Crippen molar-refractivity contribution in [2.75, 3.05) is 7.11 Å². The third-order valence-corrected chi connectivity index (χ3v) is 6.55. The summed E-state index contributed by atoms with van der Waals surface area (Å²) in [7, 11) is 1.41. The van der Waals surface area contributed by atoms with Crippen molar-refractivity contribution < 1.29 is 32.6 Å². The normalized spacial score (nSPS) is 12.0. The number of imidazole rings is 1. The fourth-order valence-electron chi connectivity index (χ4n) is 4.38. The Bertz CT molecular complexity index is 1670. The molecule has 0 spiro atoms. The Morgan fingerprint density at radius 3 is 2.55 bits per heavy atom. The van der Waals surface area contributed by atoms with E-state index in [0.717, 1.165) is 17.7 Å². The summed E-state index contributed by atoms with van der Waals surface area (Å²) < 4.78 is 44.2. The number of aromatic amines is 1. The summed E-state index contributed by atoms with van der Waals surface area (Å²) in [4.78, 5) is 24.9. The van der Waals surface area contributed by atoms with E-state index in [9.17, 15) is 23.1 Å². The highest BCUT2D eigenvalue weighted by atomic mass is 35.5. The zero-order valence-electron chi connectivity index (χ0n) is 19.9. The number of nitrogens with zero attached hydrogens (tertiary/aromatic N) is 2. The molecule has 0 amide bonds. The van der Waals surface area contributed by atoms with E-state index in [1.165, 1.54) is 42.3 Å². The van der Waals surface area contributed by atoms with Crippen LogP contribution in [-0.4, -0.2) is 28.2 Å². The number of fused-ring (bicyclic) bond motifs is 1. The lowest BCUT2D eigenvalue weighted by Gasteiger charge is -2.14. The molecular formula is C28H20ClF3N3O3+. The first-order valence-corrected chi connectivity index (χ1v) is 11.8. The summed E-state index contributed by atoms with van der Waals surface area (Å²) in [6, 6.07) is 16.0. The Labute approximate surface area is 219 Å². The van der Waals surface area contributed by atoms with Crippen LogP contribution in [0.2, 0.25) is 5.02 Å². The lowest BCUT2D eigenvalue weighted by Crippen LogP contribution is -2.46. The van der Waals surface area contributed by atoms with Crippen LogP contribution >= 0.6 is 11.6 Å². The number of H-pyrrole nitrogens is 1. The number of carboxylic acids is 1. The highest BCUT2D eigenvalue weighted by Crippen LogP contribution is 2.32. The van der Waals surface area contributed by atoms with Gasteiger partial charge in [0.15, 0.2) is 5.82 Å². The molecule has 6 nitrogen and oxygen atoms in total. The minimum Gasteiger partial charge on any atom is -0.478 e. The lowest BCUT2D eigenvalue weighted by molar-refractivity contribution is -0.890. The van der Waals surface area contributed by atoms with Crippen molar-refractivity contribution in [2.45, 2.75) is 12.3 Å². The fraction of sp³-hybridized carbons (Fsp3) is 0.107. The Morgan fingerprint density at radius 1 is 1.08 bits per heavy atom. The van der Waals surface area contributed by atoms with Gasteiger partial charge in [-0.15, -0.1) is 0 Å². The standard InChI is InChI=1S/C28H19ClF3N3O3/c1-38-35-14-17(25-21(31)9-8-20(29)26(25)32)5-11-24(35)19(12-15-2-6-18(30)7-3-15)27-33-22-10-4-16(28(36)37)13-23(22)34-27/h2-11,13-14,19H,12H2,1H3,(H-,33,34,36,37)/p+1/t19-/m0/s1. The zero-order valence-corrected chi connectivity index (χ0v) is 20.6. The van der Waals surface area contributed by atoms with Crippen LogP contribution in [0.25, 0.3) is 22.2 Å². The molecule has 192 valence electrons. The molecule has 3 aromatic carbocycles. The van der Waals surface area contributed by atoms with Crippen LogP contribution in [0.3, 0.4) is 0 Å². The van der Waals surface area contributed by atoms with Crippen molar-refractivity contribution in [2.24, 2.45) is 0 Å². The fourth-order valence-corrected chi connectivity index (χ4v) is 4.54. The molecule has 1 atom stereocenters. The van der Waals surface area contributed by atoms with E-state index < -0.39 is 23.5 Å². The summed E-state index contributed by atoms with van der Waals surface area (Å²) in [6.45, 7) is 0. The Kier molecular flexibility index (Phi) is 6.77. The Balaban J connectivity index is 1.65. The van der Waals surface area contributed by atoms with E-state index in [4.69, 9.17) is 16.4 Å². The number of nitrogens with one attached hydrogen (secondary N) is 1. The maximum atomic E-state index is 14.7. The van der Waals surface area contributed by atoms with Crippen molar-refractivity contribution in [1.82, 2.24) is 9.97 Å². The summed E-state index contributed by atoms with van der Waals surface area (Å²) in [6.07, 6.45) is 1.80. The highest BCUT2D eigenvalue weighted by Gasteiger charge is 2.30. The average molecular weight is 539 g/mol. The van der Waals surface area contributed by atoms with Gasteiger partial charge in [0.1, 0.15) is 30.5 Å². The van der Waals surface area contributed by atoms with Crippen LogP contribution in [-0.2, 0) is 6.42 Å². The topological polar surface area (TPSA) is 79.1 Å². The van der Waals surface area contributed by atoms with Gasteiger partial charge in [0.25, 0.3) is 0 Å². The first kappa shape index (κ1) is 25.3. The number of benzene rings is 3. The van der Waals surface area contributed by atoms with Crippen molar-refractivity contribution in [1.29, 1.82) is 0 Å². The summed E-state index contributed by atoms with van der Waals surface area (Å²) in [5, 5.41) is 9.13. The van der Waals surface area contributed by atoms with Crippen LogP contribution in [0.4, 0.5) is 13.2 Å². The van der Waals surface area contributed by atoms with Gasteiger partial charge in [0.2, 0.25) is 11.9 Å². The number of pyridine rings is 1. The molecule has 0 aliphatic carbocycles. The van der Waals surface area contributed by atoms with Crippen LogP contribution in [0.5, 0.6) is 0 Å². The molecule has 10 heteroatoms. The lowest BCUT2D eigenvalue weighted by atomic mass is 9.94. The molecule has 0 saturated heterocycles. The molecule has 0 fully saturated rings. The monoisotopic (exact) mass is 538 g/mol. The molecule has 5 rings (SSSR count). The molecule has 38 heavy (non-hydrogen) atoms. The van der Waals surface area contributed by atoms with Crippen LogP contribution < -0.4 is 9.57 Å². The van der Waals surface area contributed by atoms with Crippen molar-refractivity contribution >= 4 is 28.6 Å². The van der Waals surface area contributed by atoms with Gasteiger partial charge in [-0.05, 0) is 60.5 Å². The quantitative estimate of drug-likeness (QED) is 0.205. The second kappa shape index (κ2) is 10.2. The predicted molar refractivity (Wildman–Crippen MR) is 135 cm³/mol. The Morgan fingerprint density at radius 2 is 1.84 bits per heavy atom. The van der Waals surface area contributed by atoms with Crippen LogP contribution in [0.1, 0.15) is 33.4 Å². The molecule has 0 radical (unpaired) electrons. The van der Waals surface area contributed by atoms with Crippen LogP contribution in [0, 0.1) is 17.5 Å². The van der Waals surface area contributed by atoms with Gasteiger partial charge < -0.3 is 10.1 Å². The van der Waals surface area contributed by atoms with E-state index in [1.54, 1.807) is 30.3 Å². The van der Waals surface area contributed by atoms with Crippen molar-refractivity contribution in [3.63, 3.8) is 0 Å². The third-order valence-electron chi connectivity index (χ3n) is 6.26. The average Bonchev–Trinajstić information content (AvgIpc) is 3.34. The number of aromatic nitrogens is 3. The second-order valence-electron chi connectivity index (χ2n) is 8.61. The highest BCUT2D eigenvalue weighted by molar-refractivity contribution is 6.31. The van der Waals surface area contributed by atoms with Gasteiger partial charge in [-0.1, -0.05) is 23.7 Å². The number of hydrogen-bond donors (Lipinski definition) is 2. The molecule has 2 heterocycles. The van der Waals surface area contributed by atoms with Crippen molar-refractivity contribution in [3.8, 4) is 11.1 Å². The van der Waals surface area contributed by atoms with E-state index in [0.29, 0.717) is 29.0 Å². The van der Waals surface area contributed by atoms with Gasteiger partial charge >= 0.3 is 5.97 Å². The molecule has 2 aromatic heterocycles. The Hall–Kier alpha value is -4.37. The number of aromatic carboxylic acids is 1. The van der Waals surface area contributed by atoms with E-state index in [-0.39, 0.29) is 27.5 Å². The number of rotatable bonds is 7. The summed E-state index contributed by atoms with van der Waals surface area (Å²) >= 11 is 5.89. The molecule has 0 aliphatic heterocycles. The van der Waals surface area contributed by atoms with E-state index in [2.05, 4.69) is 9.97 Å². The first-order chi connectivity index (χ1) is 18.2. The molecule has 2 N–H and O–H groups in total. The molecule has 0 unspecified atom stereocenters. The molecule has 0 bridgehead atoms. The van der Waals surface area contributed by atoms with Gasteiger partial charge in [-0.2, -0.15) is 0 Å². The van der Waals surface area contributed by atoms with Gasteiger partial charge in [0.05, 0.1) is 32.7 Å². The van der Waals surface area contributed by atoms with Gasteiger partial charge in [-0.3, -0.25) is 4.84 Å². The maximum absolute atomic E-state index is 14.7. The molecule has 0 aliphatic rings. The van der Waals surface area contributed by atoms with E-state index in [1.807, 2.05) is 0 Å².